The molecule has 1 unspecified atom stereocenters. The number of hydrogen-bond acceptors (Lipinski definition) is 4. The molecule has 0 bridgehead atoms. The zero-order valence-corrected chi connectivity index (χ0v) is 18.8. The molecule has 162 valence electrons. The fraction of sp³-hybridized carbons (Fsp3) is 0.333. The summed E-state index contributed by atoms with van der Waals surface area (Å²) in [5, 5.41) is 1.00. The summed E-state index contributed by atoms with van der Waals surface area (Å²) in [6.07, 6.45) is 4.81. The number of rotatable bonds is 6. The number of para-hydroxylation sites is 1. The monoisotopic (exact) mass is 437 g/mol. The summed E-state index contributed by atoms with van der Waals surface area (Å²) in [5.41, 5.74) is 2.46. The highest BCUT2D eigenvalue weighted by Crippen LogP contribution is 2.36. The minimum atomic E-state index is -3.50. The first-order valence-electron chi connectivity index (χ1n) is 10.5. The summed E-state index contributed by atoms with van der Waals surface area (Å²) >= 11 is 0. The Labute approximate surface area is 183 Å². The molecule has 1 heterocycles. The molecule has 0 radical (unpaired) electrons. The lowest BCUT2D eigenvalue weighted by atomic mass is 9.88. The first kappa shape index (κ1) is 21.5. The Morgan fingerprint density at radius 1 is 1.03 bits per heavy atom. The third-order valence-electron chi connectivity index (χ3n) is 6.08. The van der Waals surface area contributed by atoms with Gasteiger partial charge in [-0.05, 0) is 56.0 Å². The van der Waals surface area contributed by atoms with Crippen LogP contribution in [-0.4, -0.2) is 43.8 Å². The Morgan fingerprint density at radius 2 is 1.71 bits per heavy atom. The molecule has 3 aromatic rings. The fourth-order valence-electron chi connectivity index (χ4n) is 3.91. The summed E-state index contributed by atoms with van der Waals surface area (Å²) in [4.78, 5) is 20.4. The summed E-state index contributed by atoms with van der Waals surface area (Å²) in [6, 6.07) is 16.6. The lowest BCUT2D eigenvalue weighted by Gasteiger charge is -2.39. The molecule has 1 aliphatic carbocycles. The number of anilines is 1. The number of benzene rings is 2. The predicted octanol–water partition coefficient (Wildman–Crippen LogP) is 4.17. The van der Waals surface area contributed by atoms with Gasteiger partial charge in [0.25, 0.3) is 0 Å². The van der Waals surface area contributed by atoms with Crippen LogP contribution in [0.5, 0.6) is 0 Å². The molecular formula is C24H27N3O3S. The molecule has 1 atom stereocenters. The van der Waals surface area contributed by atoms with Gasteiger partial charge in [0.1, 0.15) is 0 Å². The van der Waals surface area contributed by atoms with Crippen LogP contribution in [0.2, 0.25) is 0 Å². The molecule has 0 aliphatic heterocycles. The van der Waals surface area contributed by atoms with Gasteiger partial charge in [0.15, 0.2) is 0 Å². The van der Waals surface area contributed by atoms with Crippen LogP contribution in [0.4, 0.5) is 5.69 Å². The van der Waals surface area contributed by atoms with Gasteiger partial charge in [-0.25, -0.2) is 12.7 Å². The van der Waals surface area contributed by atoms with Crippen molar-refractivity contribution in [1.82, 2.24) is 9.29 Å². The van der Waals surface area contributed by atoms with Crippen LogP contribution in [0.15, 0.2) is 65.7 Å². The van der Waals surface area contributed by atoms with Crippen molar-refractivity contribution in [1.29, 1.82) is 0 Å². The van der Waals surface area contributed by atoms with E-state index in [1.54, 1.807) is 30.5 Å². The number of nitrogens with zero attached hydrogens (tertiary/aromatic N) is 3. The van der Waals surface area contributed by atoms with Crippen molar-refractivity contribution in [2.45, 2.75) is 43.0 Å². The van der Waals surface area contributed by atoms with E-state index < -0.39 is 15.9 Å². The van der Waals surface area contributed by atoms with Gasteiger partial charge in [0.05, 0.1) is 22.0 Å². The van der Waals surface area contributed by atoms with E-state index in [1.807, 2.05) is 42.2 Å². The zero-order chi connectivity index (χ0) is 22.2. The summed E-state index contributed by atoms with van der Waals surface area (Å²) in [6.45, 7) is 1.88. The highest BCUT2D eigenvalue weighted by molar-refractivity contribution is 7.89. The number of carbonyl (C=O) groups excluding carboxylic acids is 1. The van der Waals surface area contributed by atoms with Crippen LogP contribution in [-0.2, 0) is 14.8 Å². The molecule has 7 heteroatoms. The van der Waals surface area contributed by atoms with Gasteiger partial charge in [-0.2, -0.15) is 0 Å². The van der Waals surface area contributed by atoms with E-state index in [2.05, 4.69) is 4.98 Å². The average molecular weight is 438 g/mol. The molecule has 1 saturated carbocycles. The number of pyridine rings is 1. The second-order valence-electron chi connectivity index (χ2n) is 8.22. The molecule has 4 rings (SSSR count). The highest BCUT2D eigenvalue weighted by Gasteiger charge is 2.34. The minimum absolute atomic E-state index is 0.00562. The van der Waals surface area contributed by atoms with E-state index in [0.717, 1.165) is 41.4 Å². The van der Waals surface area contributed by atoms with Crippen molar-refractivity contribution in [3.05, 3.63) is 66.4 Å². The zero-order valence-electron chi connectivity index (χ0n) is 18.0. The Hall–Kier alpha value is -2.77. The number of fused-ring (bicyclic) bond motifs is 1. The molecular weight excluding hydrogens is 410 g/mol. The van der Waals surface area contributed by atoms with Gasteiger partial charge < -0.3 is 4.90 Å². The quantitative estimate of drug-likeness (QED) is 0.580. The van der Waals surface area contributed by atoms with Crippen LogP contribution in [0.3, 0.4) is 0 Å². The second kappa shape index (κ2) is 8.40. The van der Waals surface area contributed by atoms with Crippen LogP contribution in [0.25, 0.3) is 10.9 Å². The number of sulfonamides is 1. The van der Waals surface area contributed by atoms with Crippen LogP contribution in [0, 0.1) is 0 Å². The van der Waals surface area contributed by atoms with E-state index in [-0.39, 0.29) is 16.8 Å². The average Bonchev–Trinajstić information content (AvgIpc) is 2.75. The van der Waals surface area contributed by atoms with Gasteiger partial charge in [0, 0.05) is 31.7 Å². The van der Waals surface area contributed by atoms with Gasteiger partial charge in [-0.1, -0.05) is 30.3 Å². The maximum absolute atomic E-state index is 13.7. The van der Waals surface area contributed by atoms with Gasteiger partial charge >= 0.3 is 0 Å². The SMILES string of the molecule is CC(C(=O)N(c1cccc2cccnc12)C1CCC1)c1ccc(S(=O)(=O)N(C)C)cc1. The Kier molecular flexibility index (Phi) is 5.81. The van der Waals surface area contributed by atoms with Crippen LogP contribution in [0.1, 0.15) is 37.7 Å². The molecule has 6 nitrogen and oxygen atoms in total. The Morgan fingerprint density at radius 3 is 2.32 bits per heavy atom. The summed E-state index contributed by atoms with van der Waals surface area (Å²) < 4.78 is 25.9. The first-order chi connectivity index (χ1) is 14.8. The maximum atomic E-state index is 13.7. The molecule has 31 heavy (non-hydrogen) atoms. The normalized spacial score (nSPS) is 15.6. The van der Waals surface area contributed by atoms with Crippen molar-refractivity contribution in [2.75, 3.05) is 19.0 Å². The van der Waals surface area contributed by atoms with Crippen molar-refractivity contribution >= 4 is 32.5 Å². The summed E-state index contributed by atoms with van der Waals surface area (Å²) in [7, 11) is -0.494. The van der Waals surface area contributed by atoms with Crippen LogP contribution >= 0.6 is 0 Å². The third-order valence-corrected chi connectivity index (χ3v) is 7.91. The van der Waals surface area contributed by atoms with E-state index in [9.17, 15) is 13.2 Å². The Balaban J connectivity index is 1.68. The molecule has 1 amide bonds. The van der Waals surface area contributed by atoms with Crippen molar-refractivity contribution in [2.24, 2.45) is 0 Å². The fourth-order valence-corrected chi connectivity index (χ4v) is 4.81. The van der Waals surface area contributed by atoms with E-state index in [0.29, 0.717) is 0 Å². The first-order valence-corrected chi connectivity index (χ1v) is 11.9. The predicted molar refractivity (Wildman–Crippen MR) is 123 cm³/mol. The number of carbonyl (C=O) groups is 1. The molecule has 2 aromatic carbocycles. The largest absolute Gasteiger partial charge is 0.307 e. The minimum Gasteiger partial charge on any atom is -0.307 e. The number of hydrogen-bond donors (Lipinski definition) is 0. The molecule has 1 aliphatic rings. The lowest BCUT2D eigenvalue weighted by Crippen LogP contribution is -2.46. The molecule has 1 aromatic heterocycles. The van der Waals surface area contributed by atoms with Gasteiger partial charge in [-0.3, -0.25) is 9.78 Å². The smallest absolute Gasteiger partial charge is 0.242 e. The molecule has 0 N–H and O–H groups in total. The molecule has 1 fully saturated rings. The third kappa shape index (κ3) is 3.95. The van der Waals surface area contributed by atoms with Crippen LogP contribution < -0.4 is 4.90 Å². The van der Waals surface area contributed by atoms with Crippen molar-refractivity contribution < 1.29 is 13.2 Å². The Bertz CT molecular complexity index is 1200. The van der Waals surface area contributed by atoms with Gasteiger partial charge in [0.2, 0.25) is 15.9 Å². The standard InChI is InChI=1S/C24H27N3O3S/c1-17(18-12-14-21(15-13-18)31(29,30)26(2)3)24(28)27(20-9-5-10-20)22-11-4-7-19-8-6-16-25-23(19)22/h4,6-8,11-17,20H,5,9-10H2,1-3H3. The van der Waals surface area contributed by atoms with Crippen molar-refractivity contribution in [3.63, 3.8) is 0 Å². The van der Waals surface area contributed by atoms with E-state index >= 15 is 0 Å². The van der Waals surface area contributed by atoms with Crippen molar-refractivity contribution in [3.8, 4) is 0 Å². The lowest BCUT2D eigenvalue weighted by molar-refractivity contribution is -0.120. The number of aromatic nitrogens is 1. The summed E-state index contributed by atoms with van der Waals surface area (Å²) in [5.74, 6) is -0.401. The second-order valence-corrected chi connectivity index (χ2v) is 10.4. The topological polar surface area (TPSA) is 70.6 Å². The van der Waals surface area contributed by atoms with E-state index in [1.165, 1.54) is 18.4 Å². The maximum Gasteiger partial charge on any atom is 0.242 e. The molecule has 0 saturated heterocycles. The highest BCUT2D eigenvalue weighted by atomic mass is 32.2. The van der Waals surface area contributed by atoms with Gasteiger partial charge in [-0.15, -0.1) is 0 Å². The van der Waals surface area contributed by atoms with E-state index in [4.69, 9.17) is 0 Å². The number of amides is 1. The molecule has 0 spiro atoms.